The zero-order valence-electron chi connectivity index (χ0n) is 20.6. The molecule has 0 saturated carbocycles. The molecule has 0 aromatic heterocycles. The molecule has 3 aromatic carbocycles. The summed E-state index contributed by atoms with van der Waals surface area (Å²) in [6, 6.07) is 26.4. The van der Waals surface area contributed by atoms with Gasteiger partial charge in [-0.25, -0.2) is 0 Å². The lowest BCUT2D eigenvalue weighted by molar-refractivity contribution is 0.0968. The highest BCUT2D eigenvalue weighted by molar-refractivity contribution is 6.00. The molecule has 0 spiro atoms. The number of alkyl halides is 1. The van der Waals surface area contributed by atoms with Crippen LogP contribution in [0.5, 0.6) is 0 Å². The van der Waals surface area contributed by atoms with E-state index in [9.17, 15) is 9.65 Å². The van der Waals surface area contributed by atoms with Crippen LogP contribution in [-0.2, 0) is 12.8 Å². The second kappa shape index (κ2) is 10.6. The predicted octanol–water partition coefficient (Wildman–Crippen LogP) is 7.00. The van der Waals surface area contributed by atoms with Crippen molar-refractivity contribution in [3.8, 4) is 6.07 Å². The van der Waals surface area contributed by atoms with Gasteiger partial charge in [0, 0.05) is 19.6 Å². The fourth-order valence-corrected chi connectivity index (χ4v) is 5.82. The Kier molecular flexibility index (Phi) is 7.11. The van der Waals surface area contributed by atoms with Gasteiger partial charge in [0.15, 0.2) is 0 Å². The van der Waals surface area contributed by atoms with Gasteiger partial charge in [-0.3, -0.25) is 4.39 Å². The van der Waals surface area contributed by atoms with E-state index in [1.54, 1.807) is 0 Å². The highest BCUT2D eigenvalue weighted by Crippen LogP contribution is 2.41. The van der Waals surface area contributed by atoms with E-state index >= 15 is 0 Å². The van der Waals surface area contributed by atoms with Crippen LogP contribution in [0.3, 0.4) is 0 Å². The van der Waals surface area contributed by atoms with Crippen molar-refractivity contribution in [1.82, 2.24) is 4.90 Å². The lowest BCUT2D eigenvalue weighted by Gasteiger charge is -2.39. The van der Waals surface area contributed by atoms with Gasteiger partial charge in [0.1, 0.15) is 0 Å². The fourth-order valence-electron chi connectivity index (χ4n) is 5.82. The molecule has 2 nitrogen and oxygen atoms in total. The average Bonchev–Trinajstić information content (AvgIpc) is 3.05. The van der Waals surface area contributed by atoms with E-state index in [1.807, 2.05) is 12.1 Å². The zero-order chi connectivity index (χ0) is 24.2. The molecule has 178 valence electrons. The van der Waals surface area contributed by atoms with Crippen molar-refractivity contribution < 1.29 is 4.39 Å². The number of likely N-dealkylation sites (tertiary alicyclic amines) is 1. The van der Waals surface area contributed by atoms with Crippen LogP contribution in [0, 0.1) is 24.2 Å². The summed E-state index contributed by atoms with van der Waals surface area (Å²) in [5.41, 5.74) is 11.0. The summed E-state index contributed by atoms with van der Waals surface area (Å²) in [5.74, 6) is 0.671. The number of halogens is 1. The first-order valence-electron chi connectivity index (χ1n) is 12.9. The maximum absolute atomic E-state index is 12.4. The van der Waals surface area contributed by atoms with Crippen LogP contribution in [0.2, 0.25) is 0 Å². The second-order valence-electron chi connectivity index (χ2n) is 10.0. The number of fused-ring (bicyclic) bond motifs is 1. The molecule has 1 aliphatic heterocycles. The number of hydrogen-bond acceptors (Lipinski definition) is 2. The van der Waals surface area contributed by atoms with E-state index in [1.165, 1.54) is 39.0 Å². The third-order valence-corrected chi connectivity index (χ3v) is 7.65. The molecule has 1 fully saturated rings. The molecular formula is C32H33FN2. The number of rotatable bonds is 7. The molecule has 5 rings (SSSR count). The number of hydrogen-bond donors (Lipinski definition) is 0. The monoisotopic (exact) mass is 464 g/mol. The normalized spacial score (nSPS) is 16.4. The third-order valence-electron chi connectivity index (χ3n) is 7.65. The highest BCUT2D eigenvalue weighted by Gasteiger charge is 2.26. The number of aryl methyl sites for hydroxylation is 1. The summed E-state index contributed by atoms with van der Waals surface area (Å²) in [6.07, 6.45) is 4.90. The summed E-state index contributed by atoms with van der Waals surface area (Å²) in [5, 5.41) is 9.64. The van der Waals surface area contributed by atoms with Crippen LogP contribution < -0.4 is 0 Å². The zero-order valence-corrected chi connectivity index (χ0v) is 20.6. The lowest BCUT2D eigenvalue weighted by Crippen LogP contribution is -2.47. The molecule has 0 N–H and O–H groups in total. The molecule has 0 bridgehead atoms. The van der Waals surface area contributed by atoms with E-state index in [0.717, 1.165) is 56.4 Å². The maximum Gasteiger partial charge on any atom is 0.0994 e. The van der Waals surface area contributed by atoms with E-state index in [0.29, 0.717) is 12.3 Å². The molecule has 1 aliphatic carbocycles. The van der Waals surface area contributed by atoms with Gasteiger partial charge in [0.2, 0.25) is 0 Å². The Morgan fingerprint density at radius 3 is 2.49 bits per heavy atom. The smallest absolute Gasteiger partial charge is 0.0994 e. The number of nitrogens with zero attached hydrogens (tertiary/aromatic N) is 2. The first-order chi connectivity index (χ1) is 17.2. The van der Waals surface area contributed by atoms with Crippen molar-refractivity contribution in [2.24, 2.45) is 5.92 Å². The van der Waals surface area contributed by atoms with Gasteiger partial charge in [-0.1, -0.05) is 60.7 Å². The van der Waals surface area contributed by atoms with Crippen LogP contribution in [0.15, 0.2) is 66.7 Å². The molecule has 1 saturated heterocycles. The Morgan fingerprint density at radius 2 is 1.71 bits per heavy atom. The van der Waals surface area contributed by atoms with Crippen LogP contribution in [-0.4, -0.2) is 31.2 Å². The predicted molar refractivity (Wildman–Crippen MR) is 142 cm³/mol. The Bertz CT molecular complexity index is 1260. The lowest BCUT2D eigenvalue weighted by atomic mass is 9.85. The van der Waals surface area contributed by atoms with Gasteiger partial charge in [-0.2, -0.15) is 5.26 Å². The van der Waals surface area contributed by atoms with Crippen LogP contribution >= 0.6 is 0 Å². The average molecular weight is 465 g/mol. The Balaban J connectivity index is 1.49. The van der Waals surface area contributed by atoms with E-state index < -0.39 is 0 Å². The van der Waals surface area contributed by atoms with Gasteiger partial charge in [0.05, 0.1) is 18.3 Å². The molecule has 3 aromatic rings. The van der Waals surface area contributed by atoms with E-state index in [-0.39, 0.29) is 6.67 Å². The van der Waals surface area contributed by atoms with Crippen molar-refractivity contribution in [2.75, 3.05) is 26.3 Å². The molecule has 2 aliphatic rings. The number of allylic oxidation sites excluding steroid dienone is 1. The van der Waals surface area contributed by atoms with Gasteiger partial charge in [-0.05, 0) is 95.5 Å². The molecule has 0 amide bonds. The second-order valence-corrected chi connectivity index (χ2v) is 10.0. The minimum absolute atomic E-state index is 0.218. The molecular weight excluding hydrogens is 431 g/mol. The Morgan fingerprint density at radius 1 is 0.943 bits per heavy atom. The van der Waals surface area contributed by atoms with Crippen LogP contribution in [0.1, 0.15) is 58.2 Å². The van der Waals surface area contributed by atoms with Gasteiger partial charge in [-0.15, -0.1) is 0 Å². The van der Waals surface area contributed by atoms with E-state index in [2.05, 4.69) is 72.5 Å². The van der Waals surface area contributed by atoms with Crippen molar-refractivity contribution >= 4 is 11.1 Å². The van der Waals surface area contributed by atoms with Crippen molar-refractivity contribution in [3.05, 3.63) is 106 Å². The summed E-state index contributed by atoms with van der Waals surface area (Å²) >= 11 is 0. The maximum atomic E-state index is 12.4. The van der Waals surface area contributed by atoms with Crippen molar-refractivity contribution in [3.63, 3.8) is 0 Å². The minimum Gasteiger partial charge on any atom is -0.303 e. The molecule has 0 atom stereocenters. The number of nitriles is 1. The standard InChI is InChI=1S/C32H33FN2/c1-23-28(20-34)9-5-11-29(23)31-12-4-8-26-7-2-3-10-30(26)32(31)27-15-13-24(14-16-27)19-25-21-35(22-25)18-6-17-33/h2-3,5,7,9-11,13-16,25H,4,6,8,12,17-19,21-22H2,1H3. The third kappa shape index (κ3) is 4.95. The largest absolute Gasteiger partial charge is 0.303 e. The van der Waals surface area contributed by atoms with Crippen molar-refractivity contribution in [1.29, 1.82) is 5.26 Å². The Labute approximate surface area is 208 Å². The van der Waals surface area contributed by atoms with Gasteiger partial charge >= 0.3 is 0 Å². The topological polar surface area (TPSA) is 27.0 Å². The number of benzene rings is 3. The quantitative estimate of drug-likeness (QED) is 0.377. The molecule has 35 heavy (non-hydrogen) atoms. The van der Waals surface area contributed by atoms with E-state index in [4.69, 9.17) is 0 Å². The van der Waals surface area contributed by atoms with Crippen LogP contribution in [0.25, 0.3) is 11.1 Å². The first-order valence-corrected chi connectivity index (χ1v) is 12.9. The minimum atomic E-state index is -0.218. The van der Waals surface area contributed by atoms with Gasteiger partial charge < -0.3 is 4.90 Å². The fraction of sp³-hybridized carbons (Fsp3) is 0.344. The molecule has 0 unspecified atom stereocenters. The van der Waals surface area contributed by atoms with Gasteiger partial charge in [0.25, 0.3) is 0 Å². The molecule has 3 heteroatoms. The Hall–Kier alpha value is -3.22. The summed E-state index contributed by atoms with van der Waals surface area (Å²) < 4.78 is 12.4. The first kappa shape index (κ1) is 23.5. The highest BCUT2D eigenvalue weighted by atomic mass is 19.1. The summed E-state index contributed by atoms with van der Waals surface area (Å²) in [6.45, 7) is 4.91. The van der Waals surface area contributed by atoms with Crippen LogP contribution in [0.4, 0.5) is 4.39 Å². The van der Waals surface area contributed by atoms with Crippen molar-refractivity contribution in [2.45, 2.75) is 39.0 Å². The summed E-state index contributed by atoms with van der Waals surface area (Å²) in [4.78, 5) is 2.36. The molecule has 0 radical (unpaired) electrons. The molecule has 1 heterocycles. The SMILES string of the molecule is Cc1c(C#N)cccc1C1=C(c2ccc(CC3CN(CCCF)C3)cc2)c2ccccc2CCC1. The summed E-state index contributed by atoms with van der Waals surface area (Å²) in [7, 11) is 0.